The Hall–Kier alpha value is -2.89. The molecule has 1 aromatic rings. The van der Waals surface area contributed by atoms with Crippen molar-refractivity contribution in [2.45, 2.75) is 33.4 Å². The first-order chi connectivity index (χ1) is 12.0. The predicted molar refractivity (Wildman–Crippen MR) is 101 cm³/mol. The molecular weight excluding hydrogens is 314 g/mol. The van der Waals surface area contributed by atoms with Gasteiger partial charge in [0.25, 0.3) is 5.91 Å². The van der Waals surface area contributed by atoms with Crippen LogP contribution in [0.5, 0.6) is 0 Å². The number of carbonyl (C=O) groups excluding carboxylic acids is 1. The van der Waals surface area contributed by atoms with E-state index in [4.69, 9.17) is 0 Å². The zero-order chi connectivity index (χ0) is 18.2. The molecule has 25 heavy (non-hydrogen) atoms. The standard InChI is InChI=1S/C19H25N5O/c1-5-14(3)13-24(4)17(6-2)19(25)23-18-12-21-16(11-22-18)15-9-7-8-10-20-15/h6-13,18,22H,5H2,1-4H3,(H,23,25)/b14-13?,17-6-. The molecule has 132 valence electrons. The second-order valence-electron chi connectivity index (χ2n) is 5.75. The molecule has 0 radical (unpaired) electrons. The lowest BCUT2D eigenvalue weighted by Crippen LogP contribution is -2.47. The highest BCUT2D eigenvalue weighted by molar-refractivity contribution is 5.95. The minimum Gasteiger partial charge on any atom is -0.365 e. The molecule has 0 aliphatic carbocycles. The number of aromatic nitrogens is 1. The first-order valence-electron chi connectivity index (χ1n) is 8.34. The van der Waals surface area contributed by atoms with Gasteiger partial charge in [0.05, 0.1) is 5.69 Å². The van der Waals surface area contributed by atoms with E-state index in [1.807, 2.05) is 50.2 Å². The zero-order valence-corrected chi connectivity index (χ0v) is 15.2. The van der Waals surface area contributed by atoms with Gasteiger partial charge in [-0.25, -0.2) is 0 Å². The number of hydrogen-bond donors (Lipinski definition) is 2. The summed E-state index contributed by atoms with van der Waals surface area (Å²) in [5, 5.41) is 6.03. The highest BCUT2D eigenvalue weighted by Gasteiger charge is 2.17. The van der Waals surface area contributed by atoms with Gasteiger partial charge < -0.3 is 15.5 Å². The molecule has 1 aliphatic rings. The van der Waals surface area contributed by atoms with Crippen LogP contribution in [0.2, 0.25) is 0 Å². The Morgan fingerprint density at radius 3 is 2.80 bits per heavy atom. The minimum absolute atomic E-state index is 0.163. The van der Waals surface area contributed by atoms with Gasteiger partial charge in [0, 0.05) is 31.9 Å². The lowest BCUT2D eigenvalue weighted by Gasteiger charge is -2.23. The SMILES string of the molecule is C/C=C(/C(=O)NC1C=NC(c2ccccn2)=CN1)N(C)C=C(C)CC. The van der Waals surface area contributed by atoms with Gasteiger partial charge in [0.15, 0.2) is 0 Å². The summed E-state index contributed by atoms with van der Waals surface area (Å²) in [6.07, 6.45) is 9.50. The molecular formula is C19H25N5O. The number of hydrogen-bond acceptors (Lipinski definition) is 5. The fourth-order valence-corrected chi connectivity index (χ4v) is 2.34. The number of nitrogens with one attached hydrogen (secondary N) is 2. The van der Waals surface area contributed by atoms with E-state index in [0.29, 0.717) is 5.70 Å². The fourth-order valence-electron chi connectivity index (χ4n) is 2.34. The number of nitrogens with zero attached hydrogens (tertiary/aromatic N) is 3. The van der Waals surface area contributed by atoms with E-state index >= 15 is 0 Å². The smallest absolute Gasteiger partial charge is 0.269 e. The fraction of sp³-hybridized carbons (Fsp3) is 0.316. The van der Waals surface area contributed by atoms with Crippen LogP contribution in [0.3, 0.4) is 0 Å². The predicted octanol–water partition coefficient (Wildman–Crippen LogP) is 2.65. The van der Waals surface area contributed by atoms with E-state index in [1.54, 1.807) is 24.7 Å². The minimum atomic E-state index is -0.362. The maximum atomic E-state index is 12.5. The maximum Gasteiger partial charge on any atom is 0.269 e. The number of pyridine rings is 1. The van der Waals surface area contributed by atoms with Gasteiger partial charge in [-0.1, -0.05) is 24.6 Å². The van der Waals surface area contributed by atoms with Crippen LogP contribution in [0.25, 0.3) is 5.70 Å². The number of rotatable bonds is 6. The average Bonchev–Trinajstić information content (AvgIpc) is 2.63. The van der Waals surface area contributed by atoms with E-state index in [2.05, 4.69) is 27.5 Å². The lowest BCUT2D eigenvalue weighted by atomic mass is 10.2. The number of allylic oxidation sites excluding steroid dienone is 2. The van der Waals surface area contributed by atoms with Crippen LogP contribution in [0.1, 0.15) is 32.9 Å². The summed E-state index contributed by atoms with van der Waals surface area (Å²) in [5.41, 5.74) is 3.30. The highest BCUT2D eigenvalue weighted by atomic mass is 16.2. The average molecular weight is 339 g/mol. The third kappa shape index (κ3) is 5.04. The van der Waals surface area contributed by atoms with Gasteiger partial charge in [-0.05, 0) is 32.4 Å². The Balaban J connectivity index is 1.98. The van der Waals surface area contributed by atoms with Crippen LogP contribution in [0.4, 0.5) is 0 Å². The molecule has 0 saturated carbocycles. The Morgan fingerprint density at radius 2 is 2.24 bits per heavy atom. The molecule has 1 amide bonds. The third-order valence-electron chi connectivity index (χ3n) is 3.83. The van der Waals surface area contributed by atoms with Crippen molar-refractivity contribution in [3.8, 4) is 0 Å². The van der Waals surface area contributed by atoms with Crippen molar-refractivity contribution in [2.75, 3.05) is 7.05 Å². The molecule has 0 spiro atoms. The molecule has 1 aromatic heterocycles. The molecule has 6 nitrogen and oxygen atoms in total. The van der Waals surface area contributed by atoms with E-state index in [9.17, 15) is 4.79 Å². The van der Waals surface area contributed by atoms with Crippen LogP contribution in [-0.2, 0) is 4.79 Å². The topological polar surface area (TPSA) is 69.6 Å². The molecule has 2 rings (SSSR count). The maximum absolute atomic E-state index is 12.5. The Kier molecular flexibility index (Phi) is 6.51. The lowest BCUT2D eigenvalue weighted by molar-refractivity contribution is -0.119. The third-order valence-corrected chi connectivity index (χ3v) is 3.83. The molecule has 0 saturated heterocycles. The summed E-state index contributed by atoms with van der Waals surface area (Å²) in [7, 11) is 1.87. The van der Waals surface area contributed by atoms with Gasteiger partial charge in [0.1, 0.15) is 17.6 Å². The zero-order valence-electron chi connectivity index (χ0n) is 15.2. The van der Waals surface area contributed by atoms with E-state index in [1.165, 1.54) is 5.57 Å². The first kappa shape index (κ1) is 18.4. The molecule has 2 N–H and O–H groups in total. The summed E-state index contributed by atoms with van der Waals surface area (Å²) >= 11 is 0. The van der Waals surface area contributed by atoms with Crippen molar-refractivity contribution in [1.29, 1.82) is 0 Å². The largest absolute Gasteiger partial charge is 0.365 e. The first-order valence-corrected chi connectivity index (χ1v) is 8.34. The van der Waals surface area contributed by atoms with Crippen LogP contribution in [0, 0.1) is 0 Å². The molecule has 0 bridgehead atoms. The number of carbonyl (C=O) groups is 1. The molecule has 0 fully saturated rings. The number of aliphatic imine (C=N–C) groups is 1. The second kappa shape index (κ2) is 8.82. The molecule has 6 heteroatoms. The van der Waals surface area contributed by atoms with Gasteiger partial charge >= 0.3 is 0 Å². The summed E-state index contributed by atoms with van der Waals surface area (Å²) in [6, 6.07) is 5.66. The van der Waals surface area contributed by atoms with Crippen molar-refractivity contribution in [3.63, 3.8) is 0 Å². The quantitative estimate of drug-likeness (QED) is 0.782. The van der Waals surface area contributed by atoms with Gasteiger partial charge in [-0.2, -0.15) is 0 Å². The highest BCUT2D eigenvalue weighted by Crippen LogP contribution is 2.13. The van der Waals surface area contributed by atoms with Crippen LogP contribution >= 0.6 is 0 Å². The van der Waals surface area contributed by atoms with Crippen molar-refractivity contribution < 1.29 is 4.79 Å². The van der Waals surface area contributed by atoms with Crippen LogP contribution < -0.4 is 10.6 Å². The van der Waals surface area contributed by atoms with Crippen LogP contribution in [-0.4, -0.2) is 35.2 Å². The van der Waals surface area contributed by atoms with Gasteiger partial charge in [-0.3, -0.25) is 14.8 Å². The summed E-state index contributed by atoms with van der Waals surface area (Å²) in [6.45, 7) is 5.98. The van der Waals surface area contributed by atoms with Crippen molar-refractivity contribution in [2.24, 2.45) is 4.99 Å². The van der Waals surface area contributed by atoms with E-state index in [-0.39, 0.29) is 12.1 Å². The molecule has 0 aromatic carbocycles. The molecule has 1 unspecified atom stereocenters. The number of likely N-dealkylation sites (N-methyl/N-ethyl adjacent to an activating group) is 1. The Labute approximate surface area is 149 Å². The molecule has 1 atom stereocenters. The van der Waals surface area contributed by atoms with E-state index in [0.717, 1.165) is 17.8 Å². The van der Waals surface area contributed by atoms with Gasteiger partial charge in [-0.15, -0.1) is 0 Å². The summed E-state index contributed by atoms with van der Waals surface area (Å²) in [5.74, 6) is -0.163. The summed E-state index contributed by atoms with van der Waals surface area (Å²) < 4.78 is 0. The normalized spacial score (nSPS) is 17.6. The van der Waals surface area contributed by atoms with Crippen LogP contribution in [0.15, 0.2) is 59.1 Å². The Morgan fingerprint density at radius 1 is 1.44 bits per heavy atom. The monoisotopic (exact) mass is 339 g/mol. The van der Waals surface area contributed by atoms with Gasteiger partial charge in [0.2, 0.25) is 0 Å². The Bertz CT molecular complexity index is 719. The van der Waals surface area contributed by atoms with Crippen molar-refractivity contribution >= 4 is 17.8 Å². The van der Waals surface area contributed by atoms with E-state index < -0.39 is 0 Å². The second-order valence-corrected chi connectivity index (χ2v) is 5.75. The molecule has 1 aliphatic heterocycles. The van der Waals surface area contributed by atoms with Crippen molar-refractivity contribution in [1.82, 2.24) is 20.5 Å². The molecule has 2 heterocycles. The number of amides is 1. The van der Waals surface area contributed by atoms with Crippen molar-refractivity contribution in [3.05, 3.63) is 59.8 Å². The summed E-state index contributed by atoms with van der Waals surface area (Å²) in [4.78, 5) is 23.0.